The number of anilines is 1. The third-order valence-electron chi connectivity index (χ3n) is 5.56. The van der Waals surface area contributed by atoms with Crippen molar-refractivity contribution in [1.82, 2.24) is 0 Å². The molecule has 5 heteroatoms. The Hall–Kier alpha value is -2.30. The van der Waals surface area contributed by atoms with Gasteiger partial charge in [-0.25, -0.2) is 4.99 Å². The fourth-order valence-electron chi connectivity index (χ4n) is 4.03. The second-order valence-corrected chi connectivity index (χ2v) is 7.52. The molecule has 1 aliphatic heterocycles. The molecule has 0 saturated heterocycles. The van der Waals surface area contributed by atoms with E-state index in [1.165, 1.54) is 10.5 Å². The van der Waals surface area contributed by atoms with Crippen molar-refractivity contribution >= 4 is 11.5 Å². The fourth-order valence-corrected chi connectivity index (χ4v) is 4.03. The first-order valence-electron chi connectivity index (χ1n) is 9.88. The van der Waals surface area contributed by atoms with Gasteiger partial charge in [0, 0.05) is 22.7 Å². The lowest BCUT2D eigenvalue weighted by molar-refractivity contribution is -0.0600. The molecule has 1 aromatic carbocycles. The smallest absolute Gasteiger partial charge is 0.291 e. The molecule has 0 saturated carbocycles. The van der Waals surface area contributed by atoms with Crippen LogP contribution in [0, 0.1) is 0 Å². The molecule has 2 aliphatic rings. The summed E-state index contributed by atoms with van der Waals surface area (Å²) in [6.07, 6.45) is 1.39. The van der Waals surface area contributed by atoms with Gasteiger partial charge in [-0.05, 0) is 69.2 Å². The molecule has 28 heavy (non-hydrogen) atoms. The van der Waals surface area contributed by atoms with Gasteiger partial charge >= 0.3 is 6.18 Å². The maximum atomic E-state index is 13.8. The summed E-state index contributed by atoms with van der Waals surface area (Å²) in [5, 5.41) is 0. The molecular weight excluding hydrogens is 361 g/mol. The van der Waals surface area contributed by atoms with Gasteiger partial charge in [-0.3, -0.25) is 4.90 Å². The molecule has 0 radical (unpaired) electrons. The minimum atomic E-state index is -4.56. The van der Waals surface area contributed by atoms with E-state index < -0.39 is 12.0 Å². The van der Waals surface area contributed by atoms with Crippen LogP contribution < -0.4 is 4.90 Å². The lowest BCUT2D eigenvalue weighted by Crippen LogP contribution is -2.43. The molecule has 0 aromatic heterocycles. The molecule has 0 N–H and O–H groups in total. The van der Waals surface area contributed by atoms with Crippen molar-refractivity contribution in [3.05, 3.63) is 64.5 Å². The van der Waals surface area contributed by atoms with E-state index in [2.05, 4.69) is 18.5 Å². The Bertz CT molecular complexity index is 855. The first-order valence-corrected chi connectivity index (χ1v) is 9.88. The third-order valence-corrected chi connectivity index (χ3v) is 5.56. The monoisotopic (exact) mass is 388 g/mol. The predicted molar refractivity (Wildman–Crippen MR) is 109 cm³/mol. The Morgan fingerprint density at radius 3 is 2.29 bits per heavy atom. The van der Waals surface area contributed by atoms with Crippen LogP contribution in [0.1, 0.15) is 58.4 Å². The van der Waals surface area contributed by atoms with Crippen molar-refractivity contribution in [2.75, 3.05) is 4.90 Å². The summed E-state index contributed by atoms with van der Waals surface area (Å²) in [5.41, 5.74) is 5.39. The normalized spacial score (nSPS) is 19.1. The Morgan fingerprint density at radius 2 is 1.68 bits per heavy atom. The summed E-state index contributed by atoms with van der Waals surface area (Å²) in [5.74, 6) is -0.921. The fraction of sp³-hybridized carbons (Fsp3) is 0.435. The number of aryl methyl sites for hydroxylation is 1. The van der Waals surface area contributed by atoms with Crippen molar-refractivity contribution in [2.45, 2.75) is 65.5 Å². The molecule has 1 heterocycles. The van der Waals surface area contributed by atoms with Crippen LogP contribution >= 0.6 is 0 Å². The highest BCUT2D eigenvalue weighted by atomic mass is 19.4. The summed E-state index contributed by atoms with van der Waals surface area (Å²) in [6.45, 7) is 9.86. The average Bonchev–Trinajstić information content (AvgIpc) is 2.85. The zero-order valence-electron chi connectivity index (χ0n) is 16.8. The van der Waals surface area contributed by atoms with Gasteiger partial charge in [0.25, 0.3) is 0 Å². The Kier molecular flexibility index (Phi) is 5.82. The maximum Gasteiger partial charge on any atom is 0.450 e. The zero-order valence-corrected chi connectivity index (χ0v) is 16.8. The summed E-state index contributed by atoms with van der Waals surface area (Å²) in [4.78, 5) is 5.20. The molecule has 0 amide bonds. The zero-order chi connectivity index (χ0) is 20.5. The summed E-state index contributed by atoms with van der Waals surface area (Å²) in [6, 6.07) is 7.16. The minimum absolute atomic E-state index is 0.361. The quantitative estimate of drug-likeness (QED) is 0.539. The number of hydrogen-bond acceptors (Lipinski definition) is 2. The molecule has 0 bridgehead atoms. The van der Waals surface area contributed by atoms with Gasteiger partial charge in [-0.2, -0.15) is 13.2 Å². The van der Waals surface area contributed by atoms with Gasteiger partial charge in [0.1, 0.15) is 0 Å². The number of hydrogen-bond donors (Lipinski definition) is 0. The van der Waals surface area contributed by atoms with Crippen LogP contribution in [-0.2, 0) is 6.42 Å². The topological polar surface area (TPSA) is 15.6 Å². The average molecular weight is 388 g/mol. The highest BCUT2D eigenvalue weighted by Crippen LogP contribution is 2.41. The molecule has 1 aliphatic carbocycles. The second kappa shape index (κ2) is 7.98. The Morgan fingerprint density at radius 1 is 1.04 bits per heavy atom. The predicted octanol–water partition coefficient (Wildman–Crippen LogP) is 7.10. The Labute approximate surface area is 165 Å². The van der Waals surface area contributed by atoms with E-state index in [1.54, 1.807) is 19.1 Å². The van der Waals surface area contributed by atoms with Crippen molar-refractivity contribution < 1.29 is 13.2 Å². The van der Waals surface area contributed by atoms with Crippen LogP contribution in [0.5, 0.6) is 0 Å². The highest BCUT2D eigenvalue weighted by molar-refractivity contribution is 6.07. The van der Waals surface area contributed by atoms with E-state index in [0.29, 0.717) is 17.1 Å². The highest BCUT2D eigenvalue weighted by Gasteiger charge is 2.44. The van der Waals surface area contributed by atoms with Crippen LogP contribution in [0.25, 0.3) is 0 Å². The SMILES string of the molecule is C=C1C(C2=C(C)CCCCC2)=C(C)N=C(C(F)(F)F)N1c1ccc(CC)cc1. The number of allylic oxidation sites excluding steroid dienone is 3. The largest absolute Gasteiger partial charge is 0.450 e. The lowest BCUT2D eigenvalue weighted by Gasteiger charge is -2.35. The van der Waals surface area contributed by atoms with Gasteiger partial charge < -0.3 is 0 Å². The first kappa shape index (κ1) is 20.4. The van der Waals surface area contributed by atoms with E-state index in [9.17, 15) is 13.2 Å². The molecule has 0 spiro atoms. The van der Waals surface area contributed by atoms with Gasteiger partial charge in [-0.15, -0.1) is 0 Å². The van der Waals surface area contributed by atoms with Gasteiger partial charge in [-0.1, -0.05) is 37.6 Å². The number of nitrogens with zero attached hydrogens (tertiary/aromatic N) is 2. The third kappa shape index (κ3) is 3.94. The molecule has 150 valence electrons. The van der Waals surface area contributed by atoms with Gasteiger partial charge in [0.15, 0.2) is 0 Å². The Balaban J connectivity index is 2.14. The number of amidine groups is 1. The second-order valence-electron chi connectivity index (χ2n) is 7.52. The molecule has 0 fully saturated rings. The minimum Gasteiger partial charge on any atom is -0.291 e. The number of alkyl halides is 3. The van der Waals surface area contributed by atoms with E-state index in [1.807, 2.05) is 19.1 Å². The summed E-state index contributed by atoms with van der Waals surface area (Å²) < 4.78 is 41.5. The van der Waals surface area contributed by atoms with Crippen molar-refractivity contribution in [2.24, 2.45) is 4.99 Å². The van der Waals surface area contributed by atoms with Crippen LogP contribution in [0.4, 0.5) is 18.9 Å². The van der Waals surface area contributed by atoms with E-state index in [4.69, 9.17) is 0 Å². The molecule has 2 nitrogen and oxygen atoms in total. The van der Waals surface area contributed by atoms with Crippen molar-refractivity contribution in [3.63, 3.8) is 0 Å². The molecular formula is C23H27F3N2. The molecule has 0 atom stereocenters. The summed E-state index contributed by atoms with van der Waals surface area (Å²) >= 11 is 0. The standard InChI is InChI=1S/C23H27F3N2/c1-5-18-11-13-19(14-12-18)28-17(4)21(16(3)27-22(28)23(24,25)26)20-10-8-6-7-9-15(20)2/h11-14H,4-10H2,1-3H3. The first-order chi connectivity index (χ1) is 13.2. The lowest BCUT2D eigenvalue weighted by atomic mass is 9.91. The molecule has 1 aromatic rings. The van der Waals surface area contributed by atoms with Crippen molar-refractivity contribution in [3.8, 4) is 0 Å². The van der Waals surface area contributed by atoms with Crippen LogP contribution in [0.15, 0.2) is 64.0 Å². The summed E-state index contributed by atoms with van der Waals surface area (Å²) in [7, 11) is 0. The molecule has 0 unspecified atom stereocenters. The van der Waals surface area contributed by atoms with Crippen LogP contribution in [0.3, 0.4) is 0 Å². The number of benzene rings is 1. The maximum absolute atomic E-state index is 13.8. The molecule has 3 rings (SSSR count). The number of halogens is 3. The van der Waals surface area contributed by atoms with E-state index >= 15 is 0 Å². The van der Waals surface area contributed by atoms with E-state index in [-0.39, 0.29) is 0 Å². The number of rotatable bonds is 3. The van der Waals surface area contributed by atoms with E-state index in [0.717, 1.165) is 55.2 Å². The van der Waals surface area contributed by atoms with Gasteiger partial charge in [0.2, 0.25) is 5.84 Å². The van der Waals surface area contributed by atoms with Crippen LogP contribution in [-0.4, -0.2) is 12.0 Å². The van der Waals surface area contributed by atoms with Gasteiger partial charge in [0.05, 0.1) is 0 Å². The van der Waals surface area contributed by atoms with Crippen molar-refractivity contribution in [1.29, 1.82) is 0 Å². The van der Waals surface area contributed by atoms with Crippen LogP contribution in [0.2, 0.25) is 0 Å². The number of aliphatic imine (C=N–C) groups is 1.